The summed E-state index contributed by atoms with van der Waals surface area (Å²) in [7, 11) is 0. The standard InChI is InChI=1S/C15H29N3O2/c1-15(2,3)16-14(19)12-17-6-4-13(5-7-17)18-8-10-20-11-9-18/h13H,4-12H2,1-3H3,(H,16,19). The van der Waals surface area contributed by atoms with E-state index in [-0.39, 0.29) is 11.4 Å². The third-order valence-electron chi connectivity index (χ3n) is 4.00. The van der Waals surface area contributed by atoms with Gasteiger partial charge in [0.05, 0.1) is 19.8 Å². The Hall–Kier alpha value is -0.650. The van der Waals surface area contributed by atoms with Crippen molar-refractivity contribution in [1.82, 2.24) is 15.1 Å². The Kier molecular flexibility index (Phi) is 5.41. The van der Waals surface area contributed by atoms with E-state index in [4.69, 9.17) is 4.74 Å². The minimum atomic E-state index is -0.136. The van der Waals surface area contributed by atoms with Gasteiger partial charge in [-0.05, 0) is 33.6 Å². The molecule has 2 saturated heterocycles. The first-order valence-corrected chi connectivity index (χ1v) is 7.79. The van der Waals surface area contributed by atoms with Crippen molar-refractivity contribution in [3.63, 3.8) is 0 Å². The summed E-state index contributed by atoms with van der Waals surface area (Å²) in [4.78, 5) is 16.8. The summed E-state index contributed by atoms with van der Waals surface area (Å²) in [5.74, 6) is 0.141. The molecular weight excluding hydrogens is 254 g/mol. The number of carbonyl (C=O) groups excluding carboxylic acids is 1. The van der Waals surface area contributed by atoms with E-state index >= 15 is 0 Å². The molecule has 1 amide bonds. The number of ether oxygens (including phenoxy) is 1. The van der Waals surface area contributed by atoms with Crippen LogP contribution in [0.15, 0.2) is 0 Å². The van der Waals surface area contributed by atoms with Gasteiger partial charge in [-0.1, -0.05) is 0 Å². The predicted octanol–water partition coefficient (Wildman–Crippen LogP) is 0.698. The Morgan fingerprint density at radius 3 is 2.30 bits per heavy atom. The molecule has 0 radical (unpaired) electrons. The molecule has 2 aliphatic heterocycles. The van der Waals surface area contributed by atoms with Crippen LogP contribution in [-0.4, -0.2) is 73.2 Å². The summed E-state index contributed by atoms with van der Waals surface area (Å²) < 4.78 is 5.41. The Morgan fingerprint density at radius 1 is 1.15 bits per heavy atom. The van der Waals surface area contributed by atoms with Crippen molar-refractivity contribution < 1.29 is 9.53 Å². The zero-order valence-corrected chi connectivity index (χ0v) is 13.2. The molecule has 0 atom stereocenters. The number of morpholine rings is 1. The van der Waals surface area contributed by atoms with E-state index in [9.17, 15) is 4.79 Å². The van der Waals surface area contributed by atoms with Crippen LogP contribution in [0.2, 0.25) is 0 Å². The quantitative estimate of drug-likeness (QED) is 0.828. The van der Waals surface area contributed by atoms with E-state index in [1.165, 1.54) is 12.8 Å². The highest BCUT2D eigenvalue weighted by Crippen LogP contribution is 2.17. The second kappa shape index (κ2) is 6.87. The maximum atomic E-state index is 11.9. The van der Waals surface area contributed by atoms with E-state index in [1.54, 1.807) is 0 Å². The van der Waals surface area contributed by atoms with Crippen molar-refractivity contribution in [2.24, 2.45) is 0 Å². The zero-order valence-electron chi connectivity index (χ0n) is 13.2. The number of likely N-dealkylation sites (tertiary alicyclic amines) is 1. The summed E-state index contributed by atoms with van der Waals surface area (Å²) >= 11 is 0. The number of nitrogens with zero attached hydrogens (tertiary/aromatic N) is 2. The van der Waals surface area contributed by atoms with Crippen LogP contribution in [0.1, 0.15) is 33.6 Å². The van der Waals surface area contributed by atoms with Crippen LogP contribution in [-0.2, 0) is 9.53 Å². The molecule has 116 valence electrons. The molecule has 0 aliphatic carbocycles. The molecule has 20 heavy (non-hydrogen) atoms. The molecule has 2 fully saturated rings. The van der Waals surface area contributed by atoms with Crippen LogP contribution >= 0.6 is 0 Å². The summed E-state index contributed by atoms with van der Waals surface area (Å²) in [6.45, 7) is 12.5. The van der Waals surface area contributed by atoms with Crippen LogP contribution in [0.25, 0.3) is 0 Å². The van der Waals surface area contributed by atoms with E-state index < -0.39 is 0 Å². The second-order valence-electron chi connectivity index (χ2n) is 6.95. The summed E-state index contributed by atoms with van der Waals surface area (Å²) in [5, 5.41) is 3.03. The normalized spacial score (nSPS) is 23.8. The van der Waals surface area contributed by atoms with Crippen LogP contribution in [0, 0.1) is 0 Å². The van der Waals surface area contributed by atoms with Gasteiger partial charge in [-0.3, -0.25) is 14.6 Å². The lowest BCUT2D eigenvalue weighted by Gasteiger charge is -2.40. The molecular formula is C15H29N3O2. The monoisotopic (exact) mass is 283 g/mol. The van der Waals surface area contributed by atoms with E-state index in [0.29, 0.717) is 12.6 Å². The first-order valence-electron chi connectivity index (χ1n) is 7.79. The van der Waals surface area contributed by atoms with Gasteiger partial charge in [0, 0.05) is 37.8 Å². The molecule has 0 aromatic rings. The van der Waals surface area contributed by atoms with Crippen LogP contribution in [0.3, 0.4) is 0 Å². The SMILES string of the molecule is CC(C)(C)NC(=O)CN1CCC(N2CCOCC2)CC1. The first-order chi connectivity index (χ1) is 9.44. The van der Waals surface area contributed by atoms with E-state index in [2.05, 4.69) is 15.1 Å². The molecule has 1 N–H and O–H groups in total. The Morgan fingerprint density at radius 2 is 1.75 bits per heavy atom. The van der Waals surface area contributed by atoms with Crippen LogP contribution in [0.5, 0.6) is 0 Å². The first kappa shape index (κ1) is 15.7. The Balaban J connectivity index is 1.70. The molecule has 5 heteroatoms. The fraction of sp³-hybridized carbons (Fsp3) is 0.933. The van der Waals surface area contributed by atoms with Crippen LogP contribution < -0.4 is 5.32 Å². The second-order valence-corrected chi connectivity index (χ2v) is 6.95. The highest BCUT2D eigenvalue weighted by atomic mass is 16.5. The molecule has 0 aromatic carbocycles. The number of hydrogen-bond acceptors (Lipinski definition) is 4. The fourth-order valence-electron chi connectivity index (χ4n) is 3.05. The molecule has 5 nitrogen and oxygen atoms in total. The van der Waals surface area contributed by atoms with Crippen molar-refractivity contribution in [1.29, 1.82) is 0 Å². The van der Waals surface area contributed by atoms with Gasteiger partial charge in [0.15, 0.2) is 0 Å². The molecule has 2 aliphatic rings. The van der Waals surface area contributed by atoms with Gasteiger partial charge in [-0.15, -0.1) is 0 Å². The van der Waals surface area contributed by atoms with Gasteiger partial charge >= 0.3 is 0 Å². The average molecular weight is 283 g/mol. The Labute approximate surface area is 122 Å². The fourth-order valence-corrected chi connectivity index (χ4v) is 3.05. The van der Waals surface area contributed by atoms with Crippen molar-refractivity contribution in [2.45, 2.75) is 45.2 Å². The Bertz CT molecular complexity index is 314. The maximum absolute atomic E-state index is 11.9. The van der Waals surface area contributed by atoms with Crippen LogP contribution in [0.4, 0.5) is 0 Å². The van der Waals surface area contributed by atoms with Gasteiger partial charge in [-0.2, -0.15) is 0 Å². The number of nitrogens with one attached hydrogen (secondary N) is 1. The topological polar surface area (TPSA) is 44.8 Å². The zero-order chi connectivity index (χ0) is 14.6. The molecule has 0 unspecified atom stereocenters. The summed E-state index contributed by atoms with van der Waals surface area (Å²) in [5.41, 5.74) is -0.136. The third-order valence-corrected chi connectivity index (χ3v) is 4.00. The molecule has 2 heterocycles. The number of piperidine rings is 1. The lowest BCUT2D eigenvalue weighted by molar-refractivity contribution is -0.124. The van der Waals surface area contributed by atoms with E-state index in [0.717, 1.165) is 39.4 Å². The highest BCUT2D eigenvalue weighted by molar-refractivity contribution is 5.78. The van der Waals surface area contributed by atoms with Gasteiger partial charge in [0.1, 0.15) is 0 Å². The smallest absolute Gasteiger partial charge is 0.234 e. The highest BCUT2D eigenvalue weighted by Gasteiger charge is 2.27. The lowest BCUT2D eigenvalue weighted by atomic mass is 10.0. The molecule has 2 rings (SSSR count). The number of hydrogen-bond donors (Lipinski definition) is 1. The van der Waals surface area contributed by atoms with E-state index in [1.807, 2.05) is 20.8 Å². The largest absolute Gasteiger partial charge is 0.379 e. The molecule has 0 spiro atoms. The molecule has 0 bridgehead atoms. The van der Waals surface area contributed by atoms with Gasteiger partial charge in [0.25, 0.3) is 0 Å². The minimum Gasteiger partial charge on any atom is -0.379 e. The lowest BCUT2D eigenvalue weighted by Crippen LogP contribution is -2.51. The van der Waals surface area contributed by atoms with Gasteiger partial charge < -0.3 is 10.1 Å². The molecule has 0 aromatic heterocycles. The van der Waals surface area contributed by atoms with Crippen molar-refractivity contribution in [3.05, 3.63) is 0 Å². The summed E-state index contributed by atoms with van der Waals surface area (Å²) in [6, 6.07) is 0.681. The van der Waals surface area contributed by atoms with Crippen molar-refractivity contribution in [3.8, 4) is 0 Å². The number of carbonyl (C=O) groups is 1. The minimum absolute atomic E-state index is 0.136. The summed E-state index contributed by atoms with van der Waals surface area (Å²) in [6.07, 6.45) is 2.34. The molecule has 0 saturated carbocycles. The average Bonchev–Trinajstić information content (AvgIpc) is 2.38. The number of amides is 1. The van der Waals surface area contributed by atoms with Gasteiger partial charge in [0.2, 0.25) is 5.91 Å². The van der Waals surface area contributed by atoms with Crippen molar-refractivity contribution in [2.75, 3.05) is 45.9 Å². The van der Waals surface area contributed by atoms with Gasteiger partial charge in [-0.25, -0.2) is 0 Å². The number of rotatable bonds is 3. The van der Waals surface area contributed by atoms with Crippen molar-refractivity contribution >= 4 is 5.91 Å². The maximum Gasteiger partial charge on any atom is 0.234 e. The predicted molar refractivity (Wildman–Crippen MR) is 79.7 cm³/mol. The third kappa shape index (κ3) is 5.04.